The fourth-order valence-corrected chi connectivity index (χ4v) is 1.02. The molecule has 0 aliphatic rings. The van der Waals surface area contributed by atoms with Gasteiger partial charge in [0.1, 0.15) is 5.82 Å². The van der Waals surface area contributed by atoms with Crippen LogP contribution in [-0.4, -0.2) is 18.4 Å². The molecular formula is C9H8ClFN2O2. The van der Waals surface area contributed by atoms with Gasteiger partial charge >= 0.3 is 0 Å². The Morgan fingerprint density at radius 1 is 1.47 bits per heavy atom. The summed E-state index contributed by atoms with van der Waals surface area (Å²) in [4.78, 5) is 21.7. The average molecular weight is 231 g/mol. The summed E-state index contributed by atoms with van der Waals surface area (Å²) in [6.07, 6.45) is 0. The summed E-state index contributed by atoms with van der Waals surface area (Å²) in [7, 11) is 0. The van der Waals surface area contributed by atoms with E-state index in [0.29, 0.717) is 0 Å². The van der Waals surface area contributed by atoms with E-state index in [1.165, 1.54) is 12.1 Å². The Balaban J connectivity index is 2.74. The molecule has 0 saturated heterocycles. The van der Waals surface area contributed by atoms with E-state index < -0.39 is 17.6 Å². The fourth-order valence-electron chi connectivity index (χ4n) is 0.907. The summed E-state index contributed by atoms with van der Waals surface area (Å²) < 4.78 is 12.9. The molecular weight excluding hydrogens is 223 g/mol. The normalized spacial score (nSPS) is 9.73. The largest absolute Gasteiger partial charge is 0.368 e. The molecule has 0 saturated carbocycles. The third-order valence-corrected chi connectivity index (χ3v) is 1.91. The molecule has 0 atom stereocenters. The molecule has 2 amide bonds. The van der Waals surface area contributed by atoms with Crippen LogP contribution in [-0.2, 0) is 4.79 Å². The predicted molar refractivity (Wildman–Crippen MR) is 52.9 cm³/mol. The second-order valence-corrected chi connectivity index (χ2v) is 3.19. The van der Waals surface area contributed by atoms with Gasteiger partial charge in [0.15, 0.2) is 0 Å². The second kappa shape index (κ2) is 4.75. The van der Waals surface area contributed by atoms with Crippen LogP contribution >= 0.6 is 11.6 Å². The first-order valence-electron chi connectivity index (χ1n) is 4.02. The first-order chi connectivity index (χ1) is 7.00. The van der Waals surface area contributed by atoms with E-state index in [1.807, 2.05) is 0 Å². The summed E-state index contributed by atoms with van der Waals surface area (Å²) in [6, 6.07) is 3.59. The summed E-state index contributed by atoms with van der Waals surface area (Å²) >= 11 is 5.43. The molecule has 0 fully saturated rings. The van der Waals surface area contributed by atoms with E-state index in [9.17, 15) is 14.0 Å². The summed E-state index contributed by atoms with van der Waals surface area (Å²) in [6.45, 7) is -0.289. The first-order valence-corrected chi connectivity index (χ1v) is 4.40. The van der Waals surface area contributed by atoms with Gasteiger partial charge in [-0.15, -0.1) is 0 Å². The third-order valence-electron chi connectivity index (χ3n) is 1.60. The maximum absolute atomic E-state index is 12.9. The van der Waals surface area contributed by atoms with Crippen LogP contribution in [0.4, 0.5) is 4.39 Å². The SMILES string of the molecule is NC(=O)CNC(=O)c1ccc(Cl)c(F)c1. The highest BCUT2D eigenvalue weighted by Gasteiger charge is 2.08. The van der Waals surface area contributed by atoms with Crippen molar-refractivity contribution >= 4 is 23.4 Å². The monoisotopic (exact) mass is 230 g/mol. The molecule has 15 heavy (non-hydrogen) atoms. The van der Waals surface area contributed by atoms with Crippen LogP contribution in [0.2, 0.25) is 5.02 Å². The number of carbonyl (C=O) groups is 2. The van der Waals surface area contributed by atoms with Gasteiger partial charge in [-0.2, -0.15) is 0 Å². The highest BCUT2D eigenvalue weighted by Crippen LogP contribution is 2.15. The minimum atomic E-state index is -0.691. The molecule has 0 bridgehead atoms. The maximum atomic E-state index is 12.9. The molecule has 4 nitrogen and oxygen atoms in total. The van der Waals surface area contributed by atoms with Crippen LogP contribution < -0.4 is 11.1 Å². The highest BCUT2D eigenvalue weighted by molar-refractivity contribution is 6.30. The van der Waals surface area contributed by atoms with Gasteiger partial charge in [-0.1, -0.05) is 11.6 Å². The van der Waals surface area contributed by atoms with Crippen molar-refractivity contribution in [2.24, 2.45) is 5.73 Å². The number of hydrogen-bond donors (Lipinski definition) is 2. The van der Waals surface area contributed by atoms with E-state index in [1.54, 1.807) is 0 Å². The van der Waals surface area contributed by atoms with Crippen LogP contribution in [0.5, 0.6) is 0 Å². The summed E-state index contributed by atoms with van der Waals surface area (Å²) in [5, 5.41) is 2.15. The Morgan fingerprint density at radius 3 is 2.67 bits per heavy atom. The molecule has 80 valence electrons. The second-order valence-electron chi connectivity index (χ2n) is 2.78. The van der Waals surface area contributed by atoms with Crippen molar-refractivity contribution in [2.75, 3.05) is 6.54 Å². The Morgan fingerprint density at radius 2 is 2.13 bits per heavy atom. The quantitative estimate of drug-likeness (QED) is 0.802. The van der Waals surface area contributed by atoms with E-state index in [-0.39, 0.29) is 17.1 Å². The summed E-state index contributed by atoms with van der Waals surface area (Å²) in [5.41, 5.74) is 4.91. The first kappa shape index (κ1) is 11.5. The lowest BCUT2D eigenvalue weighted by molar-refractivity contribution is -0.117. The topological polar surface area (TPSA) is 72.2 Å². The van der Waals surface area contributed by atoms with Crippen LogP contribution in [0.3, 0.4) is 0 Å². The molecule has 0 heterocycles. The van der Waals surface area contributed by atoms with Crippen LogP contribution in [0, 0.1) is 5.82 Å². The fraction of sp³-hybridized carbons (Fsp3) is 0.111. The van der Waals surface area contributed by atoms with Crippen LogP contribution in [0.1, 0.15) is 10.4 Å². The van der Waals surface area contributed by atoms with Gasteiger partial charge in [-0.25, -0.2) is 4.39 Å². The van der Waals surface area contributed by atoms with E-state index >= 15 is 0 Å². The number of primary amides is 1. The van der Waals surface area contributed by atoms with E-state index in [2.05, 4.69) is 5.32 Å². The van der Waals surface area contributed by atoms with Gasteiger partial charge in [-0.3, -0.25) is 9.59 Å². The minimum absolute atomic E-state index is 0.0681. The van der Waals surface area contributed by atoms with Crippen molar-refractivity contribution in [3.63, 3.8) is 0 Å². The molecule has 0 spiro atoms. The smallest absolute Gasteiger partial charge is 0.251 e. The van der Waals surface area contributed by atoms with Crippen LogP contribution in [0.15, 0.2) is 18.2 Å². The molecule has 1 aromatic rings. The number of nitrogens with two attached hydrogens (primary N) is 1. The number of hydrogen-bond acceptors (Lipinski definition) is 2. The van der Waals surface area contributed by atoms with Crippen molar-refractivity contribution in [2.45, 2.75) is 0 Å². The van der Waals surface area contributed by atoms with Gasteiger partial charge in [0.05, 0.1) is 11.6 Å². The van der Waals surface area contributed by atoms with Crippen LogP contribution in [0.25, 0.3) is 0 Å². The number of carbonyl (C=O) groups excluding carboxylic acids is 2. The lowest BCUT2D eigenvalue weighted by atomic mass is 10.2. The van der Waals surface area contributed by atoms with Crippen molar-refractivity contribution in [1.82, 2.24) is 5.32 Å². The molecule has 0 unspecified atom stereocenters. The van der Waals surface area contributed by atoms with Crippen molar-refractivity contribution in [3.8, 4) is 0 Å². The average Bonchev–Trinajstić information content (AvgIpc) is 2.18. The molecule has 6 heteroatoms. The summed E-state index contributed by atoms with van der Waals surface area (Å²) in [5.74, 6) is -1.94. The molecule has 3 N–H and O–H groups in total. The lowest BCUT2D eigenvalue weighted by Gasteiger charge is -2.03. The number of rotatable bonds is 3. The van der Waals surface area contributed by atoms with Gasteiger partial charge in [0.25, 0.3) is 5.91 Å². The standard InChI is InChI=1S/C9H8ClFN2O2/c10-6-2-1-5(3-7(6)11)9(15)13-4-8(12)14/h1-3H,4H2,(H2,12,14)(H,13,15). The minimum Gasteiger partial charge on any atom is -0.368 e. The highest BCUT2D eigenvalue weighted by atomic mass is 35.5. The van der Waals surface area contributed by atoms with Gasteiger partial charge in [0, 0.05) is 5.56 Å². The Labute approximate surface area is 90.2 Å². The number of benzene rings is 1. The molecule has 0 aliphatic carbocycles. The predicted octanol–water partition coefficient (Wildman–Crippen LogP) is 0.694. The number of nitrogens with one attached hydrogen (secondary N) is 1. The maximum Gasteiger partial charge on any atom is 0.251 e. The molecule has 1 rings (SSSR count). The van der Waals surface area contributed by atoms with Crippen molar-refractivity contribution < 1.29 is 14.0 Å². The Hall–Kier alpha value is -1.62. The Kier molecular flexibility index (Phi) is 3.62. The van der Waals surface area contributed by atoms with E-state index in [0.717, 1.165) is 6.07 Å². The van der Waals surface area contributed by atoms with Gasteiger partial charge in [-0.05, 0) is 18.2 Å². The lowest BCUT2D eigenvalue weighted by Crippen LogP contribution is -2.33. The van der Waals surface area contributed by atoms with Gasteiger partial charge in [0.2, 0.25) is 5.91 Å². The zero-order valence-corrected chi connectivity index (χ0v) is 8.34. The van der Waals surface area contributed by atoms with Gasteiger partial charge < -0.3 is 11.1 Å². The zero-order valence-electron chi connectivity index (χ0n) is 7.59. The number of amides is 2. The number of halogens is 2. The molecule has 1 aromatic carbocycles. The third kappa shape index (κ3) is 3.21. The molecule has 0 aromatic heterocycles. The van der Waals surface area contributed by atoms with Crippen molar-refractivity contribution in [1.29, 1.82) is 0 Å². The van der Waals surface area contributed by atoms with E-state index in [4.69, 9.17) is 17.3 Å². The molecule has 0 radical (unpaired) electrons. The van der Waals surface area contributed by atoms with Crippen molar-refractivity contribution in [3.05, 3.63) is 34.6 Å². The molecule has 0 aliphatic heterocycles. The Bertz CT molecular complexity index is 409. The zero-order chi connectivity index (χ0) is 11.4.